The Morgan fingerprint density at radius 3 is 2.21 bits per heavy atom. The van der Waals surface area contributed by atoms with Crippen LogP contribution in [0.15, 0.2) is 47.3 Å². The highest BCUT2D eigenvalue weighted by molar-refractivity contribution is 5.36. The smallest absolute Gasteiger partial charge is 0.393 e. The van der Waals surface area contributed by atoms with Crippen molar-refractivity contribution in [3.8, 4) is 0 Å². The number of halogens is 7. The van der Waals surface area contributed by atoms with Crippen LogP contribution in [0.1, 0.15) is 34.4 Å². The van der Waals surface area contributed by atoms with Gasteiger partial charge in [-0.2, -0.15) is 26.3 Å². The normalized spacial score (nSPS) is 23.4. The molecule has 0 radical (unpaired) electrons. The van der Waals surface area contributed by atoms with Gasteiger partial charge in [0.05, 0.1) is 31.4 Å². The fourth-order valence-electron chi connectivity index (χ4n) is 4.41. The van der Waals surface area contributed by atoms with Gasteiger partial charge in [0.2, 0.25) is 6.29 Å². The maximum atomic E-state index is 13.7. The van der Waals surface area contributed by atoms with Crippen LogP contribution in [0.3, 0.4) is 0 Å². The lowest BCUT2D eigenvalue weighted by Crippen LogP contribution is -2.60. The Morgan fingerprint density at radius 1 is 1.11 bits per heavy atom. The summed E-state index contributed by atoms with van der Waals surface area (Å²) in [5.41, 5.74) is -3.95. The van der Waals surface area contributed by atoms with Crippen molar-refractivity contribution in [2.45, 2.75) is 30.8 Å². The number of hydrogen-bond donors (Lipinski definition) is 3. The molecule has 3 aromatic rings. The third kappa shape index (κ3) is 5.60. The zero-order chi connectivity index (χ0) is 27.9. The minimum Gasteiger partial charge on any atom is -0.393 e. The molecule has 38 heavy (non-hydrogen) atoms. The average Bonchev–Trinajstić information content (AvgIpc) is 3.29. The molecule has 4 atom stereocenters. The molecule has 2 heterocycles. The first-order valence-electron chi connectivity index (χ1n) is 11.2. The van der Waals surface area contributed by atoms with Crippen LogP contribution in [0.5, 0.6) is 0 Å². The van der Waals surface area contributed by atoms with Crippen LogP contribution < -0.4 is 10.2 Å². The Balaban J connectivity index is 1.78. The lowest BCUT2D eigenvalue weighted by atomic mass is 9.99. The third-order valence-corrected chi connectivity index (χ3v) is 6.34. The van der Waals surface area contributed by atoms with Crippen molar-refractivity contribution in [1.82, 2.24) is 19.7 Å². The Hall–Kier alpha value is -3.27. The van der Waals surface area contributed by atoms with E-state index in [1.165, 1.54) is 12.1 Å². The van der Waals surface area contributed by atoms with Crippen molar-refractivity contribution in [2.75, 3.05) is 26.8 Å². The lowest BCUT2D eigenvalue weighted by Gasteiger charge is -2.45. The van der Waals surface area contributed by atoms with E-state index in [-0.39, 0.29) is 29.6 Å². The molecule has 1 aliphatic heterocycles. The summed E-state index contributed by atoms with van der Waals surface area (Å²) in [6.07, 6.45) is -13.2. The van der Waals surface area contributed by atoms with E-state index in [9.17, 15) is 40.6 Å². The number of aliphatic hydroxyl groups excluding tert-OH is 1. The highest BCUT2D eigenvalue weighted by Gasteiger charge is 2.49. The number of H-pyrrole nitrogens is 2. The van der Waals surface area contributed by atoms with Crippen LogP contribution in [0.2, 0.25) is 0 Å². The number of benzene rings is 2. The highest BCUT2D eigenvalue weighted by atomic mass is 19.4. The molecule has 1 aliphatic rings. The van der Waals surface area contributed by atoms with Gasteiger partial charge in [0.15, 0.2) is 6.04 Å². The van der Waals surface area contributed by atoms with Crippen molar-refractivity contribution in [2.24, 2.45) is 0 Å². The van der Waals surface area contributed by atoms with Gasteiger partial charge in [-0.25, -0.2) is 23.8 Å². The van der Waals surface area contributed by atoms with Gasteiger partial charge in [-0.15, -0.1) is 0 Å². The third-order valence-electron chi connectivity index (χ3n) is 6.34. The second kappa shape index (κ2) is 10.1. The van der Waals surface area contributed by atoms with Crippen molar-refractivity contribution >= 4 is 5.95 Å². The fraction of sp³-hybridized carbons (Fsp3) is 0.391. The van der Waals surface area contributed by atoms with Crippen LogP contribution in [0.25, 0.3) is 0 Å². The van der Waals surface area contributed by atoms with E-state index in [1.807, 2.05) is 0 Å². The van der Waals surface area contributed by atoms with Gasteiger partial charge >= 0.3 is 24.0 Å². The Labute approximate surface area is 210 Å². The zero-order valence-corrected chi connectivity index (χ0v) is 19.6. The van der Waals surface area contributed by atoms with Crippen LogP contribution in [0, 0.1) is 5.82 Å². The molecular weight excluding hydrogens is 529 g/mol. The monoisotopic (exact) mass is 551 g/mol. The largest absolute Gasteiger partial charge is 0.416 e. The average molecular weight is 551 g/mol. The SMILES string of the molecule is C[N+]1(c2n[nH]c(=O)[nH]2)CCO[C@H](O[C@H](CO)c2cc(C(F)(F)F)cc(C(F)(F)F)c2)[C@@H]1c1ccc(F)cc1. The van der Waals surface area contributed by atoms with E-state index in [4.69, 9.17) is 9.47 Å². The number of aromatic nitrogens is 3. The van der Waals surface area contributed by atoms with Gasteiger partial charge < -0.3 is 14.6 Å². The number of quaternary nitrogens is 1. The molecule has 2 aromatic carbocycles. The van der Waals surface area contributed by atoms with E-state index < -0.39 is 65.6 Å². The Kier molecular flexibility index (Phi) is 7.40. The summed E-state index contributed by atoms with van der Waals surface area (Å²) < 4.78 is 105. The number of nitrogens with zero attached hydrogens (tertiary/aromatic N) is 2. The molecule has 0 aliphatic carbocycles. The van der Waals surface area contributed by atoms with E-state index in [1.54, 1.807) is 7.05 Å². The van der Waals surface area contributed by atoms with Gasteiger partial charge in [-0.05, 0) is 48.0 Å². The van der Waals surface area contributed by atoms with Gasteiger partial charge in [0, 0.05) is 5.56 Å². The minimum atomic E-state index is -5.10. The van der Waals surface area contributed by atoms with E-state index in [0.29, 0.717) is 17.7 Å². The molecule has 1 fully saturated rings. The summed E-state index contributed by atoms with van der Waals surface area (Å²) in [5, 5.41) is 16.2. The van der Waals surface area contributed by atoms with Crippen LogP contribution >= 0.6 is 0 Å². The standard InChI is InChI=1S/C23H21F7N4O4/c1-34(20-31-21(36)33-32-20)6-7-37-19(18(34)12-2-4-16(24)5-3-12)38-17(11-35)13-8-14(22(25,26)27)10-15(9-13)23(28,29)30/h2-5,8-10,17-19,35H,6-7,11H2,1H3,(H-,31,32,33,36)/p+1/t17-,18+,19-,34?/m1/s1. The molecule has 4 rings (SSSR count). The second-order valence-corrected chi connectivity index (χ2v) is 8.87. The maximum Gasteiger partial charge on any atom is 0.416 e. The van der Waals surface area contributed by atoms with Crippen LogP contribution in [-0.2, 0) is 21.8 Å². The number of nitrogens with one attached hydrogen (secondary N) is 2. The molecule has 0 saturated carbocycles. The molecule has 8 nitrogen and oxygen atoms in total. The summed E-state index contributed by atoms with van der Waals surface area (Å²) in [7, 11) is 1.64. The molecule has 206 valence electrons. The van der Waals surface area contributed by atoms with Gasteiger partial charge in [-0.3, -0.25) is 0 Å². The van der Waals surface area contributed by atoms with E-state index >= 15 is 0 Å². The van der Waals surface area contributed by atoms with E-state index in [0.717, 1.165) is 12.1 Å². The Bertz CT molecular complexity index is 1290. The summed E-state index contributed by atoms with van der Waals surface area (Å²) in [6, 6.07) is 5.03. The molecule has 3 N–H and O–H groups in total. The molecule has 1 aromatic heterocycles. The predicted molar refractivity (Wildman–Crippen MR) is 118 cm³/mol. The Morgan fingerprint density at radius 2 is 1.71 bits per heavy atom. The van der Waals surface area contributed by atoms with Gasteiger partial charge in [-0.1, -0.05) is 5.10 Å². The number of morpholine rings is 1. The first-order chi connectivity index (χ1) is 17.7. The quantitative estimate of drug-likeness (QED) is 0.317. The van der Waals surface area contributed by atoms with Gasteiger partial charge in [0.1, 0.15) is 18.5 Å². The maximum absolute atomic E-state index is 13.7. The summed E-state index contributed by atoms with van der Waals surface area (Å²) in [4.78, 5) is 14.3. The summed E-state index contributed by atoms with van der Waals surface area (Å²) >= 11 is 0. The first kappa shape index (κ1) is 27.8. The lowest BCUT2D eigenvalue weighted by molar-refractivity contribution is -0.232. The number of aromatic amines is 2. The number of ether oxygens (including phenoxy) is 2. The summed E-state index contributed by atoms with van der Waals surface area (Å²) in [6.45, 7) is -0.811. The number of alkyl halides is 6. The molecule has 0 spiro atoms. The molecule has 0 amide bonds. The zero-order valence-electron chi connectivity index (χ0n) is 19.6. The van der Waals surface area contributed by atoms with Crippen molar-refractivity contribution in [1.29, 1.82) is 0 Å². The number of hydrogen-bond acceptors (Lipinski definition) is 5. The topological polar surface area (TPSA) is 100 Å². The molecule has 15 heteroatoms. The summed E-state index contributed by atoms with van der Waals surface area (Å²) in [5.74, 6) is -0.442. The van der Waals surface area contributed by atoms with Crippen molar-refractivity contribution in [3.63, 3.8) is 0 Å². The fourth-order valence-corrected chi connectivity index (χ4v) is 4.41. The predicted octanol–water partition coefficient (Wildman–Crippen LogP) is 4.06. The van der Waals surface area contributed by atoms with Crippen molar-refractivity contribution in [3.05, 3.63) is 81.0 Å². The number of likely N-dealkylation sites (N-methyl/N-ethyl adjacent to an activating group) is 1. The van der Waals surface area contributed by atoms with Gasteiger partial charge in [0.25, 0.3) is 0 Å². The molecular formula is C23H22F7N4O4+. The van der Waals surface area contributed by atoms with Crippen LogP contribution in [-0.4, -0.2) is 53.4 Å². The van der Waals surface area contributed by atoms with Crippen LogP contribution in [0.4, 0.5) is 36.7 Å². The van der Waals surface area contributed by atoms with E-state index in [2.05, 4.69) is 15.2 Å². The number of rotatable bonds is 6. The van der Waals surface area contributed by atoms with Crippen molar-refractivity contribution < 1.29 is 45.3 Å². The molecule has 1 unspecified atom stereocenters. The highest BCUT2D eigenvalue weighted by Crippen LogP contribution is 2.42. The molecule has 0 bridgehead atoms. The second-order valence-electron chi connectivity index (χ2n) is 8.87. The molecule has 1 saturated heterocycles. The minimum absolute atomic E-state index is 0.0255. The number of aliphatic hydroxyl groups is 1. The first-order valence-corrected chi connectivity index (χ1v) is 11.2.